The molecule has 192 valence electrons. The van der Waals surface area contributed by atoms with Crippen molar-refractivity contribution in [1.82, 2.24) is 9.88 Å². The summed E-state index contributed by atoms with van der Waals surface area (Å²) in [5.74, 6) is -3.12. The van der Waals surface area contributed by atoms with Crippen LogP contribution in [0.5, 0.6) is 0 Å². The molecule has 3 atom stereocenters. The number of carbonyl (C=O) groups is 3. The van der Waals surface area contributed by atoms with E-state index in [0.717, 1.165) is 39.6 Å². The van der Waals surface area contributed by atoms with Crippen LogP contribution in [0, 0.1) is 11.8 Å². The number of benzene rings is 2. The molecule has 1 aliphatic carbocycles. The summed E-state index contributed by atoms with van der Waals surface area (Å²) < 4.78 is 12.7. The zero-order chi connectivity index (χ0) is 26.4. The van der Waals surface area contributed by atoms with Crippen LogP contribution in [-0.4, -0.2) is 36.0 Å². The number of dihydropyridines is 1. The molecule has 0 amide bonds. The number of esters is 2. The molecule has 0 unspecified atom stereocenters. The van der Waals surface area contributed by atoms with Crippen molar-refractivity contribution in [3.63, 3.8) is 0 Å². The van der Waals surface area contributed by atoms with Crippen molar-refractivity contribution in [3.05, 3.63) is 70.6 Å². The van der Waals surface area contributed by atoms with Gasteiger partial charge in [-0.3, -0.25) is 9.59 Å². The largest absolute Gasteiger partial charge is 0.468 e. The first kappa shape index (κ1) is 24.8. The summed E-state index contributed by atoms with van der Waals surface area (Å²) >= 11 is 0. The first-order valence-electron chi connectivity index (χ1n) is 12.8. The van der Waals surface area contributed by atoms with E-state index < -0.39 is 23.8 Å². The topological polar surface area (TPSA) is 86.6 Å². The van der Waals surface area contributed by atoms with Crippen LogP contribution in [0.15, 0.2) is 65.0 Å². The summed E-state index contributed by atoms with van der Waals surface area (Å²) in [6, 6.07) is 14.4. The Hall–Kier alpha value is -3.87. The van der Waals surface area contributed by atoms with E-state index in [2.05, 4.69) is 41.1 Å². The Kier molecular flexibility index (Phi) is 6.40. The molecule has 2 aliphatic rings. The molecule has 5 rings (SSSR count). The van der Waals surface area contributed by atoms with Crippen LogP contribution < -0.4 is 5.32 Å². The number of Topliss-reactive ketones (excluding diaryl/α,β-unsaturated/α-hetero) is 1. The van der Waals surface area contributed by atoms with Crippen LogP contribution in [0.1, 0.15) is 45.6 Å². The lowest BCUT2D eigenvalue weighted by Gasteiger charge is -2.38. The zero-order valence-electron chi connectivity index (χ0n) is 21.9. The van der Waals surface area contributed by atoms with E-state index in [1.165, 1.54) is 7.11 Å². The average molecular weight is 501 g/mol. The predicted octanol–water partition coefficient (Wildman–Crippen LogP) is 4.99. The van der Waals surface area contributed by atoms with Gasteiger partial charge in [0.2, 0.25) is 0 Å². The molecule has 0 fully saturated rings. The summed E-state index contributed by atoms with van der Waals surface area (Å²) in [6.07, 6.45) is 0.502. The Morgan fingerprint density at radius 2 is 1.81 bits per heavy atom. The normalized spacial score (nSPS) is 21.8. The zero-order valence-corrected chi connectivity index (χ0v) is 21.9. The fraction of sp³-hybridized carbons (Fsp3) is 0.367. The Morgan fingerprint density at radius 1 is 1.08 bits per heavy atom. The smallest absolute Gasteiger partial charge is 0.336 e. The van der Waals surface area contributed by atoms with Crippen molar-refractivity contribution in [1.29, 1.82) is 0 Å². The lowest BCUT2D eigenvalue weighted by molar-refractivity contribution is -0.151. The highest BCUT2D eigenvalue weighted by Gasteiger charge is 2.47. The van der Waals surface area contributed by atoms with Crippen LogP contribution in [0.25, 0.3) is 21.8 Å². The van der Waals surface area contributed by atoms with Crippen molar-refractivity contribution < 1.29 is 23.9 Å². The van der Waals surface area contributed by atoms with Crippen molar-refractivity contribution in [2.45, 2.75) is 46.6 Å². The van der Waals surface area contributed by atoms with Crippen LogP contribution in [0.2, 0.25) is 0 Å². The molecule has 3 aromatic rings. The number of aromatic nitrogens is 1. The molecule has 0 saturated heterocycles. The van der Waals surface area contributed by atoms with Gasteiger partial charge in [0.1, 0.15) is 5.92 Å². The minimum Gasteiger partial charge on any atom is -0.468 e. The Labute approximate surface area is 216 Å². The standard InChI is InChI=1S/C30H32N2O5/c1-6-32-22-11-9-8-10-19(22)20-15-18(12-13-23(20)32)26-25(30(35)37-7-2)17(4)31-21-14-16(3)24(29(34)36-5)28(33)27(21)26/h8-13,15-16,24,26,31H,6-7,14H2,1-5H3/t16-,24+,26+/m0/s1. The molecular weight excluding hydrogens is 468 g/mol. The summed E-state index contributed by atoms with van der Waals surface area (Å²) in [5.41, 5.74) is 5.29. The van der Waals surface area contributed by atoms with E-state index >= 15 is 0 Å². The number of carbonyl (C=O) groups excluding carboxylic acids is 3. The van der Waals surface area contributed by atoms with Crippen LogP contribution in [0.4, 0.5) is 0 Å². The fourth-order valence-electron chi connectivity index (χ4n) is 6.08. The minimum absolute atomic E-state index is 0.215. The quantitative estimate of drug-likeness (QED) is 0.392. The maximum Gasteiger partial charge on any atom is 0.336 e. The second kappa shape index (κ2) is 9.54. The summed E-state index contributed by atoms with van der Waals surface area (Å²) in [5, 5.41) is 5.47. The fourth-order valence-corrected chi connectivity index (χ4v) is 6.08. The lowest BCUT2D eigenvalue weighted by Crippen LogP contribution is -2.43. The average Bonchev–Trinajstić information content (AvgIpc) is 3.20. The van der Waals surface area contributed by atoms with Crippen LogP contribution in [0.3, 0.4) is 0 Å². The monoisotopic (exact) mass is 500 g/mol. The molecule has 1 aliphatic heterocycles. The number of hydrogen-bond acceptors (Lipinski definition) is 6. The van der Waals surface area contributed by atoms with Gasteiger partial charge >= 0.3 is 11.9 Å². The number of hydrogen-bond donors (Lipinski definition) is 1. The maximum atomic E-state index is 13.9. The third kappa shape index (κ3) is 3.84. The number of ketones is 1. The lowest BCUT2D eigenvalue weighted by atomic mass is 9.69. The number of nitrogens with zero attached hydrogens (tertiary/aromatic N) is 1. The van der Waals surface area contributed by atoms with Crippen molar-refractivity contribution in [3.8, 4) is 0 Å². The van der Waals surface area contributed by atoms with Gasteiger partial charge in [0.15, 0.2) is 5.78 Å². The number of ether oxygens (including phenoxy) is 2. The number of para-hydroxylation sites is 1. The highest BCUT2D eigenvalue weighted by atomic mass is 16.5. The summed E-state index contributed by atoms with van der Waals surface area (Å²) in [7, 11) is 1.30. The number of rotatable bonds is 5. The molecule has 1 aromatic heterocycles. The van der Waals surface area contributed by atoms with Gasteiger partial charge in [-0.15, -0.1) is 0 Å². The van der Waals surface area contributed by atoms with Gasteiger partial charge < -0.3 is 19.4 Å². The molecule has 2 aromatic carbocycles. The van der Waals surface area contributed by atoms with Gasteiger partial charge in [0, 0.05) is 51.2 Å². The van der Waals surface area contributed by atoms with E-state index in [0.29, 0.717) is 23.3 Å². The van der Waals surface area contributed by atoms with Gasteiger partial charge in [0.25, 0.3) is 0 Å². The van der Waals surface area contributed by atoms with E-state index in [9.17, 15) is 14.4 Å². The van der Waals surface area contributed by atoms with Gasteiger partial charge in [-0.2, -0.15) is 0 Å². The molecule has 0 radical (unpaired) electrons. The van der Waals surface area contributed by atoms with Crippen LogP contribution >= 0.6 is 0 Å². The Morgan fingerprint density at radius 3 is 2.51 bits per heavy atom. The number of aryl methyl sites for hydroxylation is 1. The molecule has 7 nitrogen and oxygen atoms in total. The van der Waals surface area contributed by atoms with E-state index in [4.69, 9.17) is 9.47 Å². The molecule has 7 heteroatoms. The molecule has 37 heavy (non-hydrogen) atoms. The third-order valence-corrected chi connectivity index (χ3v) is 7.68. The van der Waals surface area contributed by atoms with E-state index in [-0.39, 0.29) is 18.3 Å². The van der Waals surface area contributed by atoms with Crippen molar-refractivity contribution in [2.24, 2.45) is 11.8 Å². The summed E-state index contributed by atoms with van der Waals surface area (Å²) in [6.45, 7) is 8.63. The SMILES string of the molecule is CCOC(=O)C1=C(C)NC2=C(C(=O)[C@H](C(=O)OC)[C@@H](C)C2)[C@@H]1c1ccc2c(c1)c1ccccc1n2CC. The highest BCUT2D eigenvalue weighted by molar-refractivity contribution is 6.13. The number of nitrogens with one attached hydrogen (secondary N) is 1. The van der Waals surface area contributed by atoms with E-state index in [1.54, 1.807) is 6.92 Å². The second-order valence-electron chi connectivity index (χ2n) is 9.79. The molecule has 0 spiro atoms. The van der Waals surface area contributed by atoms with Gasteiger partial charge in [-0.05, 0) is 56.9 Å². The number of allylic oxidation sites excluding steroid dienone is 3. The van der Waals surface area contributed by atoms with Crippen LogP contribution in [-0.2, 0) is 30.4 Å². The maximum absolute atomic E-state index is 13.9. The molecule has 2 heterocycles. The first-order chi connectivity index (χ1) is 17.8. The van der Waals surface area contributed by atoms with Gasteiger partial charge in [-0.1, -0.05) is 31.2 Å². The molecule has 0 bridgehead atoms. The molecular formula is C30H32N2O5. The molecule has 0 saturated carbocycles. The third-order valence-electron chi connectivity index (χ3n) is 7.68. The van der Waals surface area contributed by atoms with Crippen molar-refractivity contribution in [2.75, 3.05) is 13.7 Å². The number of fused-ring (bicyclic) bond motifs is 3. The Balaban J connectivity index is 1.76. The summed E-state index contributed by atoms with van der Waals surface area (Å²) in [4.78, 5) is 39.9. The minimum atomic E-state index is -0.916. The van der Waals surface area contributed by atoms with Gasteiger partial charge in [0.05, 0.1) is 19.3 Å². The first-order valence-corrected chi connectivity index (χ1v) is 12.8. The highest BCUT2D eigenvalue weighted by Crippen LogP contribution is 2.46. The second-order valence-corrected chi connectivity index (χ2v) is 9.79. The Bertz CT molecular complexity index is 1510. The van der Waals surface area contributed by atoms with E-state index in [1.807, 2.05) is 32.0 Å². The predicted molar refractivity (Wildman–Crippen MR) is 142 cm³/mol. The molecule has 1 N–H and O–H groups in total. The van der Waals surface area contributed by atoms with Gasteiger partial charge in [-0.25, -0.2) is 4.79 Å². The van der Waals surface area contributed by atoms with Crippen molar-refractivity contribution >= 4 is 39.5 Å². The number of methoxy groups -OCH3 is 1.